The van der Waals surface area contributed by atoms with Crippen LogP contribution in [0.25, 0.3) is 0 Å². The number of aromatic nitrogens is 2. The molecule has 2 heterocycles. The van der Waals surface area contributed by atoms with E-state index in [-0.39, 0.29) is 0 Å². The fraction of sp³-hybridized carbons (Fsp3) is 0.556. The first-order valence-corrected chi connectivity index (χ1v) is 5.17. The molecule has 14 heavy (non-hydrogen) atoms. The molecule has 1 saturated heterocycles. The first-order chi connectivity index (χ1) is 6.84. The van der Waals surface area contributed by atoms with E-state index in [1.54, 1.807) is 12.4 Å². The van der Waals surface area contributed by atoms with Gasteiger partial charge in [-0.15, -0.1) is 0 Å². The molecule has 0 spiro atoms. The number of H-pyrrole nitrogens is 1. The van der Waals surface area contributed by atoms with Gasteiger partial charge in [0.05, 0.1) is 6.20 Å². The molecule has 0 aromatic carbocycles. The van der Waals surface area contributed by atoms with Crippen LogP contribution in [0, 0.1) is 4.77 Å². The number of nitrogens with one attached hydrogen (secondary N) is 2. The minimum Gasteiger partial charge on any atom is -0.487 e. The van der Waals surface area contributed by atoms with Gasteiger partial charge in [-0.05, 0) is 38.1 Å². The Morgan fingerprint density at radius 2 is 2.21 bits per heavy atom. The summed E-state index contributed by atoms with van der Waals surface area (Å²) in [6.45, 7) is 2.06. The summed E-state index contributed by atoms with van der Waals surface area (Å²) in [6.07, 6.45) is 5.84. The Kier molecular flexibility index (Phi) is 3.10. The molecule has 1 aromatic heterocycles. The highest BCUT2D eigenvalue weighted by atomic mass is 32.1. The van der Waals surface area contributed by atoms with Crippen LogP contribution in [-0.4, -0.2) is 29.2 Å². The molecule has 2 rings (SSSR count). The Balaban J connectivity index is 1.96. The monoisotopic (exact) mass is 211 g/mol. The predicted molar refractivity (Wildman–Crippen MR) is 55.9 cm³/mol. The van der Waals surface area contributed by atoms with E-state index < -0.39 is 0 Å². The highest BCUT2D eigenvalue weighted by Gasteiger charge is 2.14. The van der Waals surface area contributed by atoms with Gasteiger partial charge in [0, 0.05) is 6.20 Å². The predicted octanol–water partition coefficient (Wildman–Crippen LogP) is 1.27. The van der Waals surface area contributed by atoms with Gasteiger partial charge < -0.3 is 15.0 Å². The van der Waals surface area contributed by atoms with Crippen LogP contribution in [0.5, 0.6) is 5.75 Å². The second-order valence-corrected chi connectivity index (χ2v) is 3.71. The van der Waals surface area contributed by atoms with Crippen LogP contribution >= 0.6 is 12.2 Å². The van der Waals surface area contributed by atoms with Gasteiger partial charge in [-0.25, -0.2) is 4.98 Å². The van der Waals surface area contributed by atoms with Gasteiger partial charge in [0.15, 0.2) is 10.5 Å². The first-order valence-electron chi connectivity index (χ1n) is 4.77. The quantitative estimate of drug-likeness (QED) is 0.723. The molecular weight excluding hydrogens is 198 g/mol. The third-order valence-electron chi connectivity index (χ3n) is 2.24. The number of nitrogens with zero attached hydrogens (tertiary/aromatic N) is 1. The van der Waals surface area contributed by atoms with E-state index in [2.05, 4.69) is 15.3 Å². The van der Waals surface area contributed by atoms with Crippen molar-refractivity contribution in [2.45, 2.75) is 18.9 Å². The van der Waals surface area contributed by atoms with E-state index >= 15 is 0 Å². The summed E-state index contributed by atoms with van der Waals surface area (Å²) in [5, 5.41) is 3.29. The summed E-state index contributed by atoms with van der Waals surface area (Å²) in [7, 11) is 0. The highest BCUT2D eigenvalue weighted by molar-refractivity contribution is 7.71. The molecule has 0 aliphatic carbocycles. The summed E-state index contributed by atoms with van der Waals surface area (Å²) in [5.41, 5.74) is 0. The van der Waals surface area contributed by atoms with Gasteiger partial charge >= 0.3 is 0 Å². The second kappa shape index (κ2) is 4.52. The summed E-state index contributed by atoms with van der Waals surface area (Å²) in [5.74, 6) is 0.769. The number of hydrogen-bond donors (Lipinski definition) is 2. The van der Waals surface area contributed by atoms with Crippen molar-refractivity contribution in [3.8, 4) is 5.75 Å². The van der Waals surface area contributed by atoms with Crippen LogP contribution in [0.3, 0.4) is 0 Å². The van der Waals surface area contributed by atoms with E-state index in [0.29, 0.717) is 10.9 Å². The largest absolute Gasteiger partial charge is 0.487 e. The molecule has 2 N–H and O–H groups in total. The lowest BCUT2D eigenvalue weighted by Gasteiger charge is -2.23. The zero-order valence-corrected chi connectivity index (χ0v) is 8.64. The van der Waals surface area contributed by atoms with Gasteiger partial charge in [0.1, 0.15) is 6.10 Å². The second-order valence-electron chi connectivity index (χ2n) is 3.32. The summed E-state index contributed by atoms with van der Waals surface area (Å²) in [6, 6.07) is 0. The molecule has 0 atom stereocenters. The Morgan fingerprint density at radius 1 is 1.43 bits per heavy atom. The first kappa shape index (κ1) is 9.61. The molecule has 0 unspecified atom stereocenters. The minimum absolute atomic E-state index is 0.308. The third-order valence-corrected chi connectivity index (χ3v) is 2.46. The highest BCUT2D eigenvalue weighted by Crippen LogP contribution is 2.13. The number of rotatable bonds is 2. The van der Waals surface area contributed by atoms with E-state index in [0.717, 1.165) is 31.7 Å². The van der Waals surface area contributed by atoms with Gasteiger partial charge in [0.25, 0.3) is 0 Å². The average molecular weight is 211 g/mol. The standard InChI is InChI=1S/C9H13N3OS/c14-9-11-5-8(6-12-9)13-7-1-3-10-4-2-7/h5-7,10H,1-4H2,(H,11,12,14). The number of ether oxygens (including phenoxy) is 1. The maximum Gasteiger partial charge on any atom is 0.196 e. The molecular formula is C9H13N3OS. The maximum atomic E-state index is 5.73. The van der Waals surface area contributed by atoms with Crippen molar-refractivity contribution < 1.29 is 4.74 Å². The number of hydrogen-bond acceptors (Lipinski definition) is 4. The molecule has 5 heteroatoms. The lowest BCUT2D eigenvalue weighted by Crippen LogP contribution is -2.34. The smallest absolute Gasteiger partial charge is 0.196 e. The van der Waals surface area contributed by atoms with Crippen LogP contribution in [0.2, 0.25) is 0 Å². The lowest BCUT2D eigenvalue weighted by atomic mass is 10.1. The van der Waals surface area contributed by atoms with Crippen molar-refractivity contribution in [2.24, 2.45) is 0 Å². The van der Waals surface area contributed by atoms with Gasteiger partial charge in [0.2, 0.25) is 0 Å². The summed E-state index contributed by atoms with van der Waals surface area (Å²) >= 11 is 4.84. The van der Waals surface area contributed by atoms with Crippen molar-refractivity contribution in [1.82, 2.24) is 15.3 Å². The van der Waals surface area contributed by atoms with E-state index in [1.807, 2.05) is 0 Å². The molecule has 76 valence electrons. The fourth-order valence-electron chi connectivity index (χ4n) is 1.50. The van der Waals surface area contributed by atoms with Gasteiger partial charge in [-0.1, -0.05) is 0 Å². The van der Waals surface area contributed by atoms with Crippen LogP contribution < -0.4 is 10.1 Å². The molecule has 1 fully saturated rings. The Labute approximate surface area is 87.7 Å². The van der Waals surface area contributed by atoms with Crippen LogP contribution in [0.1, 0.15) is 12.8 Å². The normalized spacial score (nSPS) is 18.0. The molecule has 0 amide bonds. The molecule has 4 nitrogen and oxygen atoms in total. The van der Waals surface area contributed by atoms with Crippen molar-refractivity contribution in [1.29, 1.82) is 0 Å². The lowest BCUT2D eigenvalue weighted by molar-refractivity contribution is 0.161. The van der Waals surface area contributed by atoms with Gasteiger partial charge in [-0.2, -0.15) is 0 Å². The summed E-state index contributed by atoms with van der Waals surface area (Å²) < 4.78 is 6.22. The minimum atomic E-state index is 0.308. The third kappa shape index (κ3) is 2.52. The molecule has 0 bridgehead atoms. The van der Waals surface area contributed by atoms with E-state index in [1.165, 1.54) is 0 Å². The topological polar surface area (TPSA) is 49.9 Å². The van der Waals surface area contributed by atoms with Crippen molar-refractivity contribution in [3.63, 3.8) is 0 Å². The Bertz CT molecular complexity index is 326. The Hall–Kier alpha value is -0.940. The van der Waals surface area contributed by atoms with Crippen molar-refractivity contribution >= 4 is 12.2 Å². The van der Waals surface area contributed by atoms with Crippen LogP contribution in [-0.2, 0) is 0 Å². The molecule has 0 radical (unpaired) electrons. The fourth-order valence-corrected chi connectivity index (χ4v) is 1.61. The SMILES string of the molecule is S=c1ncc(OC2CCNCC2)c[nH]1. The van der Waals surface area contributed by atoms with E-state index in [9.17, 15) is 0 Å². The molecule has 1 aromatic rings. The van der Waals surface area contributed by atoms with Gasteiger partial charge in [-0.3, -0.25) is 0 Å². The zero-order chi connectivity index (χ0) is 9.80. The zero-order valence-electron chi connectivity index (χ0n) is 7.82. The van der Waals surface area contributed by atoms with E-state index in [4.69, 9.17) is 17.0 Å². The number of aromatic amines is 1. The average Bonchev–Trinajstić information content (AvgIpc) is 2.23. The maximum absolute atomic E-state index is 5.73. The molecule has 1 aliphatic heterocycles. The van der Waals surface area contributed by atoms with Crippen LogP contribution in [0.4, 0.5) is 0 Å². The number of piperidine rings is 1. The van der Waals surface area contributed by atoms with Crippen molar-refractivity contribution in [3.05, 3.63) is 17.2 Å². The van der Waals surface area contributed by atoms with Crippen molar-refractivity contribution in [2.75, 3.05) is 13.1 Å². The summed E-state index contributed by atoms with van der Waals surface area (Å²) in [4.78, 5) is 6.82. The van der Waals surface area contributed by atoms with Crippen LogP contribution in [0.15, 0.2) is 12.4 Å². The molecule has 0 saturated carbocycles. The Morgan fingerprint density at radius 3 is 2.86 bits per heavy atom. The molecule has 1 aliphatic rings.